The molecule has 18 heavy (non-hydrogen) atoms. The first-order chi connectivity index (χ1) is 8.72. The number of hydrogen-bond acceptors (Lipinski definition) is 3. The van der Waals surface area contributed by atoms with Crippen molar-refractivity contribution < 1.29 is 9.47 Å². The fourth-order valence-corrected chi connectivity index (χ4v) is 2.50. The summed E-state index contributed by atoms with van der Waals surface area (Å²) in [6.07, 6.45) is 4.23. The lowest BCUT2D eigenvalue weighted by atomic mass is 10.1. The van der Waals surface area contributed by atoms with Crippen LogP contribution >= 0.6 is 11.6 Å². The predicted molar refractivity (Wildman–Crippen MR) is 71.5 cm³/mol. The number of ether oxygens (including phenoxy) is 2. The van der Waals surface area contributed by atoms with Crippen LogP contribution in [0.5, 0.6) is 11.5 Å². The Balaban J connectivity index is 1.83. The van der Waals surface area contributed by atoms with E-state index in [1.165, 1.54) is 12.8 Å². The van der Waals surface area contributed by atoms with E-state index in [1.807, 2.05) is 12.1 Å². The van der Waals surface area contributed by atoms with Crippen molar-refractivity contribution >= 4 is 11.6 Å². The lowest BCUT2D eigenvalue weighted by Crippen LogP contribution is -2.17. The summed E-state index contributed by atoms with van der Waals surface area (Å²) in [5.74, 6) is 1.61. The van der Waals surface area contributed by atoms with E-state index < -0.39 is 0 Å². The van der Waals surface area contributed by atoms with E-state index in [0.717, 1.165) is 48.1 Å². The molecule has 2 N–H and O–H groups in total. The molecule has 3 rings (SSSR count). The Morgan fingerprint density at radius 3 is 2.44 bits per heavy atom. The van der Waals surface area contributed by atoms with Gasteiger partial charge in [0.1, 0.15) is 0 Å². The average molecular weight is 268 g/mol. The minimum Gasteiger partial charge on any atom is -0.489 e. The Morgan fingerprint density at radius 2 is 1.83 bits per heavy atom. The molecule has 1 fully saturated rings. The molecule has 0 bridgehead atoms. The molecule has 0 aromatic heterocycles. The Hall–Kier alpha value is -0.930. The molecule has 1 aliphatic heterocycles. The maximum atomic E-state index is 6.26. The maximum Gasteiger partial charge on any atom is 0.162 e. The van der Waals surface area contributed by atoms with Crippen LogP contribution < -0.4 is 15.2 Å². The third-order valence-electron chi connectivity index (χ3n) is 3.79. The quantitative estimate of drug-likeness (QED) is 0.916. The summed E-state index contributed by atoms with van der Waals surface area (Å²) in [4.78, 5) is 0. The summed E-state index contributed by atoms with van der Waals surface area (Å²) >= 11 is 6.26. The summed E-state index contributed by atoms with van der Waals surface area (Å²) < 4.78 is 11.7. The van der Waals surface area contributed by atoms with Crippen molar-refractivity contribution in [1.29, 1.82) is 0 Å². The van der Waals surface area contributed by atoms with Gasteiger partial charge < -0.3 is 15.2 Å². The lowest BCUT2D eigenvalue weighted by Gasteiger charge is -2.11. The van der Waals surface area contributed by atoms with Crippen molar-refractivity contribution in [3.05, 3.63) is 22.7 Å². The van der Waals surface area contributed by atoms with Crippen LogP contribution in [0.1, 0.15) is 24.8 Å². The van der Waals surface area contributed by atoms with Gasteiger partial charge >= 0.3 is 0 Å². The number of nitrogens with two attached hydrogens (primary N) is 1. The summed E-state index contributed by atoms with van der Waals surface area (Å²) in [6.45, 7) is 2.18. The van der Waals surface area contributed by atoms with Gasteiger partial charge in [-0.3, -0.25) is 0 Å². The Morgan fingerprint density at radius 1 is 1.17 bits per heavy atom. The highest BCUT2D eigenvalue weighted by Gasteiger charge is 2.46. The molecule has 1 heterocycles. The number of halogens is 1. The van der Waals surface area contributed by atoms with Crippen LogP contribution in [0, 0.1) is 5.41 Å². The zero-order valence-corrected chi connectivity index (χ0v) is 11.1. The second kappa shape index (κ2) is 4.63. The van der Waals surface area contributed by atoms with Gasteiger partial charge in [-0.25, -0.2) is 0 Å². The van der Waals surface area contributed by atoms with Gasteiger partial charge in [-0.2, -0.15) is 0 Å². The molecule has 1 saturated carbocycles. The van der Waals surface area contributed by atoms with E-state index in [4.69, 9.17) is 26.8 Å². The van der Waals surface area contributed by atoms with Crippen LogP contribution in [0.25, 0.3) is 0 Å². The second-order valence-corrected chi connectivity index (χ2v) is 5.77. The smallest absolute Gasteiger partial charge is 0.162 e. The van der Waals surface area contributed by atoms with Crippen LogP contribution in [0.4, 0.5) is 0 Å². The number of aryl methyl sites for hydroxylation is 1. The third-order valence-corrected chi connectivity index (χ3v) is 4.14. The summed E-state index contributed by atoms with van der Waals surface area (Å²) in [5, 5.41) is 0.748. The fraction of sp³-hybridized carbons (Fsp3) is 0.571. The van der Waals surface area contributed by atoms with Crippen molar-refractivity contribution in [2.24, 2.45) is 11.1 Å². The van der Waals surface area contributed by atoms with Crippen molar-refractivity contribution in [3.63, 3.8) is 0 Å². The minimum atomic E-state index is 0.267. The van der Waals surface area contributed by atoms with Gasteiger partial charge in [-0.05, 0) is 43.9 Å². The van der Waals surface area contributed by atoms with Gasteiger partial charge in [0, 0.05) is 16.5 Å². The van der Waals surface area contributed by atoms with Gasteiger partial charge in [0.2, 0.25) is 0 Å². The minimum absolute atomic E-state index is 0.267. The maximum absolute atomic E-state index is 6.26. The van der Waals surface area contributed by atoms with Gasteiger partial charge in [0.05, 0.1) is 13.2 Å². The molecule has 3 nitrogen and oxygen atoms in total. The zero-order chi connectivity index (χ0) is 12.6. The normalized spacial score (nSPS) is 19.7. The van der Waals surface area contributed by atoms with E-state index in [-0.39, 0.29) is 5.41 Å². The van der Waals surface area contributed by atoms with E-state index >= 15 is 0 Å². The standard InChI is InChI=1S/C14H18ClNO2/c15-11-7-13-12(6-10(11)2-1-5-16)17-8-14(3-4-14)9-18-13/h6-7H,1-5,8-9,16H2. The highest BCUT2D eigenvalue weighted by molar-refractivity contribution is 6.31. The molecule has 98 valence electrons. The highest BCUT2D eigenvalue weighted by Crippen LogP contribution is 2.49. The SMILES string of the molecule is NCCCc1cc2c(cc1Cl)OCC1(CC1)CO2. The molecule has 0 unspecified atom stereocenters. The highest BCUT2D eigenvalue weighted by atomic mass is 35.5. The number of benzene rings is 1. The zero-order valence-electron chi connectivity index (χ0n) is 10.4. The fourth-order valence-electron chi connectivity index (χ4n) is 2.26. The first-order valence-electron chi connectivity index (χ1n) is 6.51. The van der Waals surface area contributed by atoms with Crippen molar-refractivity contribution in [1.82, 2.24) is 0 Å². The van der Waals surface area contributed by atoms with Gasteiger partial charge in [-0.15, -0.1) is 0 Å². The third kappa shape index (κ3) is 2.29. The molecule has 1 aliphatic carbocycles. The van der Waals surface area contributed by atoms with Crippen LogP contribution in [0.15, 0.2) is 12.1 Å². The van der Waals surface area contributed by atoms with E-state index in [0.29, 0.717) is 6.54 Å². The molecule has 4 heteroatoms. The molecule has 1 aromatic rings. The average Bonchev–Trinajstić information content (AvgIpc) is 3.16. The molecule has 0 radical (unpaired) electrons. The Labute approximate surface area is 112 Å². The molecular formula is C14H18ClNO2. The number of rotatable bonds is 3. The number of fused-ring (bicyclic) bond motifs is 1. The van der Waals surface area contributed by atoms with Crippen molar-refractivity contribution in [2.75, 3.05) is 19.8 Å². The van der Waals surface area contributed by atoms with Crippen LogP contribution in [-0.4, -0.2) is 19.8 Å². The Bertz CT molecular complexity index is 457. The summed E-state index contributed by atoms with van der Waals surface area (Å²) in [6, 6.07) is 3.89. The molecule has 2 aliphatic rings. The van der Waals surface area contributed by atoms with E-state index in [9.17, 15) is 0 Å². The van der Waals surface area contributed by atoms with Crippen molar-refractivity contribution in [2.45, 2.75) is 25.7 Å². The first-order valence-corrected chi connectivity index (χ1v) is 6.88. The molecule has 0 saturated heterocycles. The predicted octanol–water partition coefficient (Wildman–Crippen LogP) is 2.78. The first kappa shape index (κ1) is 12.1. The number of hydrogen-bond donors (Lipinski definition) is 1. The Kier molecular flexibility index (Phi) is 3.12. The second-order valence-electron chi connectivity index (χ2n) is 5.36. The largest absolute Gasteiger partial charge is 0.489 e. The lowest BCUT2D eigenvalue weighted by molar-refractivity contribution is 0.197. The molecule has 0 amide bonds. The molecule has 1 aromatic carbocycles. The van der Waals surface area contributed by atoms with Crippen LogP contribution in [0.2, 0.25) is 5.02 Å². The molecule has 1 spiro atoms. The summed E-state index contributed by atoms with van der Waals surface area (Å²) in [5.41, 5.74) is 6.89. The van der Waals surface area contributed by atoms with E-state index in [1.54, 1.807) is 0 Å². The van der Waals surface area contributed by atoms with Crippen molar-refractivity contribution in [3.8, 4) is 11.5 Å². The molecular weight excluding hydrogens is 250 g/mol. The van der Waals surface area contributed by atoms with Gasteiger partial charge in [-0.1, -0.05) is 11.6 Å². The van der Waals surface area contributed by atoms with Gasteiger partial charge in [0.25, 0.3) is 0 Å². The van der Waals surface area contributed by atoms with E-state index in [2.05, 4.69) is 0 Å². The van der Waals surface area contributed by atoms with Crippen LogP contribution in [0.3, 0.4) is 0 Å². The monoisotopic (exact) mass is 267 g/mol. The molecule has 0 atom stereocenters. The topological polar surface area (TPSA) is 44.5 Å². The van der Waals surface area contributed by atoms with Crippen LogP contribution in [-0.2, 0) is 6.42 Å². The van der Waals surface area contributed by atoms with Gasteiger partial charge in [0.15, 0.2) is 11.5 Å². The summed E-state index contributed by atoms with van der Waals surface area (Å²) in [7, 11) is 0.